The average molecular weight is 549 g/mol. The summed E-state index contributed by atoms with van der Waals surface area (Å²) in [6.45, 7) is 0. The lowest BCUT2D eigenvalue weighted by atomic mass is 10.1. The van der Waals surface area contributed by atoms with E-state index in [0.29, 0.717) is 0 Å². The van der Waals surface area contributed by atoms with Crippen molar-refractivity contribution in [2.75, 3.05) is 20.8 Å². The number of hydrogen-bond donors (Lipinski definition) is 0. The first-order chi connectivity index (χ1) is 11.2. The number of nitrogens with zero attached hydrogens (tertiary/aromatic N) is 1. The van der Waals surface area contributed by atoms with Crippen molar-refractivity contribution in [3.8, 4) is 0 Å². The Labute approximate surface area is 170 Å². The lowest BCUT2D eigenvalue weighted by molar-refractivity contribution is 0.934. The minimum Gasteiger partial charge on any atom is -0.343 e. The highest BCUT2D eigenvalue weighted by molar-refractivity contribution is 14.1. The van der Waals surface area contributed by atoms with Crippen LogP contribution in [0, 0.1) is 0 Å². The third kappa shape index (κ3) is 4.18. The Morgan fingerprint density at radius 3 is 2.17 bits per heavy atom. The topological polar surface area (TPSA) is 3.24 Å². The van der Waals surface area contributed by atoms with Crippen LogP contribution in [0.1, 0.15) is 24.0 Å². The standard InChI is InChI=1S/C19H21I2NS/c1-22-16-8-6-15(5-3-11-21)13-19(16)23-18-9-7-14(4-2-10-20)12-17(18)22/h6-9,12-13H,2-5,10-11H2,1H3. The zero-order valence-electron chi connectivity index (χ0n) is 13.3. The number of halogens is 2. The van der Waals surface area contributed by atoms with Crippen LogP contribution < -0.4 is 4.90 Å². The number of hydrogen-bond acceptors (Lipinski definition) is 2. The number of anilines is 2. The van der Waals surface area contributed by atoms with E-state index < -0.39 is 0 Å². The molecule has 0 unspecified atom stereocenters. The molecule has 0 N–H and O–H groups in total. The summed E-state index contributed by atoms with van der Waals surface area (Å²) >= 11 is 6.84. The van der Waals surface area contributed by atoms with E-state index in [9.17, 15) is 0 Å². The molecule has 1 heterocycles. The van der Waals surface area contributed by atoms with Crippen LogP contribution in [0.3, 0.4) is 0 Å². The molecular formula is C19H21I2NS. The lowest BCUT2D eigenvalue weighted by Crippen LogP contribution is -2.15. The quantitative estimate of drug-likeness (QED) is 0.293. The van der Waals surface area contributed by atoms with Gasteiger partial charge in [-0.1, -0.05) is 69.1 Å². The van der Waals surface area contributed by atoms with Crippen molar-refractivity contribution in [1.82, 2.24) is 0 Å². The fourth-order valence-corrected chi connectivity index (χ4v) is 4.89. The third-order valence-electron chi connectivity index (χ3n) is 4.19. The Hall–Kier alpha value is 0.0500. The molecule has 122 valence electrons. The lowest BCUT2D eigenvalue weighted by Gasteiger charge is -2.30. The minimum absolute atomic E-state index is 1.18. The van der Waals surface area contributed by atoms with Gasteiger partial charge in [-0.15, -0.1) is 0 Å². The molecule has 0 spiro atoms. The summed E-state index contributed by atoms with van der Waals surface area (Å²) < 4.78 is 2.45. The van der Waals surface area contributed by atoms with E-state index in [4.69, 9.17) is 0 Å². The molecular weight excluding hydrogens is 528 g/mol. The molecule has 1 nitrogen and oxygen atoms in total. The van der Waals surface area contributed by atoms with Gasteiger partial charge in [0.25, 0.3) is 0 Å². The second-order valence-corrected chi connectivity index (χ2v) is 9.09. The second-order valence-electron chi connectivity index (χ2n) is 5.85. The highest BCUT2D eigenvalue weighted by Gasteiger charge is 2.21. The Balaban J connectivity index is 1.87. The summed E-state index contributed by atoms with van der Waals surface area (Å²) in [7, 11) is 2.20. The molecule has 4 heteroatoms. The number of aryl methyl sites for hydroxylation is 2. The normalized spacial score (nSPS) is 12.9. The molecule has 2 aromatic carbocycles. The van der Waals surface area contributed by atoms with E-state index in [2.05, 4.69) is 93.5 Å². The van der Waals surface area contributed by atoms with Crippen LogP contribution in [0.25, 0.3) is 0 Å². The maximum Gasteiger partial charge on any atom is 0.0552 e. The maximum atomic E-state index is 2.46. The largest absolute Gasteiger partial charge is 0.343 e. The van der Waals surface area contributed by atoms with Crippen molar-refractivity contribution >= 4 is 68.3 Å². The summed E-state index contributed by atoms with van der Waals surface area (Å²) in [5.41, 5.74) is 5.61. The monoisotopic (exact) mass is 549 g/mol. The Morgan fingerprint density at radius 1 is 0.826 bits per heavy atom. The van der Waals surface area contributed by atoms with Gasteiger partial charge < -0.3 is 4.90 Å². The Morgan fingerprint density at radius 2 is 1.48 bits per heavy atom. The molecule has 0 aliphatic carbocycles. The number of rotatable bonds is 6. The number of alkyl halides is 2. The van der Waals surface area contributed by atoms with E-state index in [1.54, 1.807) is 0 Å². The molecule has 0 amide bonds. The van der Waals surface area contributed by atoms with Crippen molar-refractivity contribution in [3.63, 3.8) is 0 Å². The smallest absolute Gasteiger partial charge is 0.0552 e. The van der Waals surface area contributed by atoms with Gasteiger partial charge in [0.2, 0.25) is 0 Å². The van der Waals surface area contributed by atoms with E-state index in [1.165, 1.54) is 66.8 Å². The molecule has 0 bridgehead atoms. The SMILES string of the molecule is CN1c2ccc(CCCI)cc2Sc2ccc(CCCI)cc21. The Bertz CT molecular complexity index is 687. The highest BCUT2D eigenvalue weighted by atomic mass is 127. The summed E-state index contributed by atoms with van der Waals surface area (Å²) in [4.78, 5) is 5.13. The molecule has 23 heavy (non-hydrogen) atoms. The van der Waals surface area contributed by atoms with Crippen LogP contribution in [0.15, 0.2) is 46.2 Å². The van der Waals surface area contributed by atoms with Gasteiger partial charge in [0.05, 0.1) is 11.4 Å². The average Bonchev–Trinajstić information content (AvgIpc) is 2.58. The summed E-state index contributed by atoms with van der Waals surface area (Å²) in [6, 6.07) is 14.0. The molecule has 0 fully saturated rings. The van der Waals surface area contributed by atoms with Crippen molar-refractivity contribution in [1.29, 1.82) is 0 Å². The first-order valence-electron chi connectivity index (χ1n) is 8.02. The van der Waals surface area contributed by atoms with E-state index in [1.807, 2.05) is 11.8 Å². The number of fused-ring (bicyclic) bond motifs is 2. The molecule has 0 atom stereocenters. The van der Waals surface area contributed by atoms with Crippen molar-refractivity contribution in [2.45, 2.75) is 35.5 Å². The molecule has 2 aromatic rings. The van der Waals surface area contributed by atoms with E-state index in [0.717, 1.165) is 0 Å². The van der Waals surface area contributed by atoms with Gasteiger partial charge in [-0.3, -0.25) is 0 Å². The molecule has 1 aliphatic rings. The highest BCUT2D eigenvalue weighted by Crippen LogP contribution is 2.48. The zero-order valence-corrected chi connectivity index (χ0v) is 18.4. The van der Waals surface area contributed by atoms with E-state index in [-0.39, 0.29) is 0 Å². The number of benzene rings is 2. The summed E-state index contributed by atoms with van der Waals surface area (Å²) in [5.74, 6) is 0. The van der Waals surface area contributed by atoms with Gasteiger partial charge in [0.1, 0.15) is 0 Å². The fourth-order valence-electron chi connectivity index (χ4n) is 2.93. The molecule has 0 aromatic heterocycles. The van der Waals surface area contributed by atoms with Crippen LogP contribution in [0.5, 0.6) is 0 Å². The molecule has 0 saturated heterocycles. The first-order valence-corrected chi connectivity index (χ1v) is 11.9. The van der Waals surface area contributed by atoms with Gasteiger partial charge >= 0.3 is 0 Å². The van der Waals surface area contributed by atoms with Crippen LogP contribution in [0.4, 0.5) is 11.4 Å². The maximum absolute atomic E-state index is 2.46. The minimum atomic E-state index is 1.18. The van der Waals surface area contributed by atoms with E-state index >= 15 is 0 Å². The van der Waals surface area contributed by atoms with Gasteiger partial charge in [0.15, 0.2) is 0 Å². The van der Waals surface area contributed by atoms with Gasteiger partial charge in [-0.25, -0.2) is 0 Å². The van der Waals surface area contributed by atoms with Gasteiger partial charge in [0, 0.05) is 16.8 Å². The summed E-state index contributed by atoms with van der Waals surface area (Å²) in [5, 5.41) is 0. The van der Waals surface area contributed by atoms with Crippen LogP contribution in [-0.4, -0.2) is 15.9 Å². The molecule has 3 rings (SSSR count). The molecule has 0 saturated carbocycles. The predicted octanol–water partition coefficient (Wildman–Crippen LogP) is 6.65. The first kappa shape index (κ1) is 17.9. The molecule has 1 aliphatic heterocycles. The fraction of sp³-hybridized carbons (Fsp3) is 0.368. The van der Waals surface area contributed by atoms with Crippen LogP contribution in [-0.2, 0) is 12.8 Å². The predicted molar refractivity (Wildman–Crippen MR) is 119 cm³/mol. The Kier molecular flexibility index (Phi) is 6.54. The van der Waals surface area contributed by atoms with Crippen LogP contribution in [0.2, 0.25) is 0 Å². The third-order valence-corrected chi connectivity index (χ3v) is 6.83. The van der Waals surface area contributed by atoms with Crippen molar-refractivity contribution in [3.05, 3.63) is 47.5 Å². The van der Waals surface area contributed by atoms with Crippen LogP contribution >= 0.6 is 56.9 Å². The van der Waals surface area contributed by atoms with Gasteiger partial charge in [-0.05, 0) is 69.9 Å². The summed E-state index contributed by atoms with van der Waals surface area (Å²) in [6.07, 6.45) is 4.88. The zero-order chi connectivity index (χ0) is 16.2. The van der Waals surface area contributed by atoms with Gasteiger partial charge in [-0.2, -0.15) is 0 Å². The van der Waals surface area contributed by atoms with Crippen molar-refractivity contribution in [2.24, 2.45) is 0 Å². The molecule has 0 radical (unpaired) electrons. The van der Waals surface area contributed by atoms with Crippen molar-refractivity contribution < 1.29 is 0 Å². The second kappa shape index (κ2) is 8.43.